The average molecular weight is 240 g/mol. The molecule has 2 aromatic heterocycles. The van der Waals surface area contributed by atoms with Crippen LogP contribution >= 0.6 is 11.6 Å². The van der Waals surface area contributed by atoms with Gasteiger partial charge in [0, 0.05) is 10.9 Å². The highest BCUT2D eigenvalue weighted by molar-refractivity contribution is 6.33. The molecule has 16 heavy (non-hydrogen) atoms. The number of furan rings is 1. The van der Waals surface area contributed by atoms with Crippen molar-refractivity contribution in [3.63, 3.8) is 0 Å². The Morgan fingerprint density at radius 1 is 1.38 bits per heavy atom. The highest BCUT2D eigenvalue weighted by Crippen LogP contribution is 2.32. The Morgan fingerprint density at radius 2 is 2.06 bits per heavy atom. The van der Waals surface area contributed by atoms with Crippen LogP contribution in [0.3, 0.4) is 0 Å². The molecule has 0 saturated carbocycles. The quantitative estimate of drug-likeness (QED) is 0.814. The van der Waals surface area contributed by atoms with E-state index in [1.54, 1.807) is 13.2 Å². The molecule has 0 aliphatic rings. The van der Waals surface area contributed by atoms with E-state index in [9.17, 15) is 5.11 Å². The average Bonchev–Trinajstić information content (AvgIpc) is 2.61. The van der Waals surface area contributed by atoms with Crippen LogP contribution in [0.15, 0.2) is 16.7 Å². The fraction of sp³-hybridized carbons (Fsp3) is 0.417. The van der Waals surface area contributed by atoms with Crippen molar-refractivity contribution in [1.29, 1.82) is 0 Å². The van der Waals surface area contributed by atoms with E-state index in [1.807, 2.05) is 6.07 Å². The van der Waals surface area contributed by atoms with Gasteiger partial charge in [0.05, 0.1) is 18.1 Å². The zero-order chi connectivity index (χ0) is 11.9. The highest BCUT2D eigenvalue weighted by atomic mass is 35.5. The summed E-state index contributed by atoms with van der Waals surface area (Å²) in [6.45, 7) is 5.83. The first-order chi connectivity index (χ1) is 7.50. The van der Waals surface area contributed by atoms with Crippen molar-refractivity contribution in [2.45, 2.75) is 32.8 Å². The van der Waals surface area contributed by atoms with Crippen LogP contribution < -0.4 is 0 Å². The Kier molecular flexibility index (Phi) is 2.91. The van der Waals surface area contributed by atoms with E-state index >= 15 is 0 Å². The lowest BCUT2D eigenvalue weighted by Crippen LogP contribution is -1.96. The Morgan fingerprint density at radius 3 is 2.62 bits per heavy atom. The number of nitrogens with zero attached hydrogens (tertiary/aromatic N) is 1. The predicted octanol–water partition coefficient (Wildman–Crippen LogP) is 3.66. The van der Waals surface area contributed by atoms with E-state index in [0.29, 0.717) is 22.3 Å². The number of hydrogen-bond donors (Lipinski definition) is 1. The van der Waals surface area contributed by atoms with Crippen LogP contribution in [-0.2, 0) is 0 Å². The maximum atomic E-state index is 9.52. The monoisotopic (exact) mass is 239 g/mol. The lowest BCUT2D eigenvalue weighted by Gasteiger charge is -2.06. The molecule has 3 nitrogen and oxygen atoms in total. The van der Waals surface area contributed by atoms with Crippen LogP contribution in [0, 0.1) is 0 Å². The molecule has 0 bridgehead atoms. The van der Waals surface area contributed by atoms with Gasteiger partial charge in [-0.05, 0) is 18.9 Å². The van der Waals surface area contributed by atoms with E-state index in [1.165, 1.54) is 0 Å². The van der Waals surface area contributed by atoms with Crippen LogP contribution in [0.4, 0.5) is 0 Å². The number of aliphatic hydroxyl groups is 1. The Bertz CT molecular complexity index is 517. The van der Waals surface area contributed by atoms with Gasteiger partial charge in [0.15, 0.2) is 10.7 Å². The van der Waals surface area contributed by atoms with Crippen LogP contribution in [-0.4, -0.2) is 10.1 Å². The van der Waals surface area contributed by atoms with Gasteiger partial charge in [0.1, 0.15) is 0 Å². The van der Waals surface area contributed by atoms with Crippen LogP contribution in [0.2, 0.25) is 5.15 Å². The fourth-order valence-corrected chi connectivity index (χ4v) is 1.94. The summed E-state index contributed by atoms with van der Waals surface area (Å²) in [7, 11) is 0. The van der Waals surface area contributed by atoms with Crippen molar-refractivity contribution in [1.82, 2.24) is 4.98 Å². The van der Waals surface area contributed by atoms with Gasteiger partial charge in [-0.3, -0.25) is 0 Å². The summed E-state index contributed by atoms with van der Waals surface area (Å²) in [5.41, 5.74) is 2.25. The number of fused-ring (bicyclic) bond motifs is 1. The first kappa shape index (κ1) is 11.4. The number of aromatic nitrogens is 1. The molecule has 1 atom stereocenters. The third-order valence-electron chi connectivity index (χ3n) is 2.62. The molecular formula is C12H14ClNO2. The second-order valence-corrected chi connectivity index (χ2v) is 4.59. The van der Waals surface area contributed by atoms with Gasteiger partial charge < -0.3 is 9.52 Å². The Hall–Kier alpha value is -1.06. The molecule has 0 amide bonds. The maximum Gasteiger partial charge on any atom is 0.172 e. The Labute approximate surface area is 99.0 Å². The fourth-order valence-electron chi connectivity index (χ4n) is 1.69. The van der Waals surface area contributed by atoms with E-state index < -0.39 is 6.10 Å². The van der Waals surface area contributed by atoms with Crippen LogP contribution in [0.5, 0.6) is 0 Å². The Balaban J connectivity index is 2.71. The zero-order valence-corrected chi connectivity index (χ0v) is 10.2. The van der Waals surface area contributed by atoms with E-state index in [4.69, 9.17) is 16.0 Å². The summed E-state index contributed by atoms with van der Waals surface area (Å²) in [5, 5.41) is 10.8. The lowest BCUT2D eigenvalue weighted by molar-refractivity contribution is 0.194. The molecule has 0 saturated heterocycles. The third kappa shape index (κ3) is 1.81. The second-order valence-electron chi connectivity index (χ2n) is 4.24. The van der Waals surface area contributed by atoms with Crippen molar-refractivity contribution in [3.8, 4) is 0 Å². The summed E-state index contributed by atoms with van der Waals surface area (Å²) in [6, 6.07) is 1.84. The molecule has 4 heteroatoms. The summed E-state index contributed by atoms with van der Waals surface area (Å²) in [6.07, 6.45) is 1.08. The highest BCUT2D eigenvalue weighted by Gasteiger charge is 2.15. The minimum Gasteiger partial charge on any atom is -0.461 e. The van der Waals surface area contributed by atoms with Gasteiger partial charge in [0.2, 0.25) is 0 Å². The largest absolute Gasteiger partial charge is 0.461 e. The molecule has 86 valence electrons. The van der Waals surface area contributed by atoms with Crippen molar-refractivity contribution >= 4 is 22.6 Å². The molecule has 0 aliphatic heterocycles. The molecule has 0 radical (unpaired) electrons. The predicted molar refractivity (Wildman–Crippen MR) is 63.7 cm³/mol. The zero-order valence-electron chi connectivity index (χ0n) is 9.49. The number of rotatable bonds is 2. The molecule has 0 spiro atoms. The molecule has 2 heterocycles. The lowest BCUT2D eigenvalue weighted by atomic mass is 10.0. The van der Waals surface area contributed by atoms with Crippen molar-refractivity contribution < 1.29 is 9.52 Å². The standard InChI is InChI=1S/C12H14ClNO2/c1-6(2)9-5-16-11-8(9)4-10(7(3)15)14-12(11)13/h4-7,15H,1-3H3. The summed E-state index contributed by atoms with van der Waals surface area (Å²) >= 11 is 6.01. The van der Waals surface area contributed by atoms with Gasteiger partial charge in [-0.1, -0.05) is 25.4 Å². The van der Waals surface area contributed by atoms with Gasteiger partial charge in [-0.15, -0.1) is 0 Å². The van der Waals surface area contributed by atoms with Crippen molar-refractivity contribution in [3.05, 3.63) is 28.7 Å². The molecule has 0 aromatic carbocycles. The van der Waals surface area contributed by atoms with Crippen molar-refractivity contribution in [2.75, 3.05) is 0 Å². The number of hydrogen-bond acceptors (Lipinski definition) is 3. The molecule has 2 rings (SSSR count). The van der Waals surface area contributed by atoms with Crippen molar-refractivity contribution in [2.24, 2.45) is 0 Å². The number of halogens is 1. The summed E-state index contributed by atoms with van der Waals surface area (Å²) in [5.74, 6) is 0.349. The maximum absolute atomic E-state index is 9.52. The van der Waals surface area contributed by atoms with Gasteiger partial charge in [0.25, 0.3) is 0 Å². The smallest absolute Gasteiger partial charge is 0.172 e. The SMILES string of the molecule is CC(C)c1coc2c(Cl)nc(C(C)O)cc12. The summed E-state index contributed by atoms with van der Waals surface area (Å²) in [4.78, 5) is 4.10. The molecule has 0 fully saturated rings. The van der Waals surface area contributed by atoms with E-state index in [2.05, 4.69) is 18.8 Å². The number of pyridine rings is 1. The number of aliphatic hydroxyl groups excluding tert-OH is 1. The molecule has 0 aliphatic carbocycles. The molecule has 1 unspecified atom stereocenters. The van der Waals surface area contributed by atoms with Gasteiger partial charge in [-0.25, -0.2) is 4.98 Å². The van der Waals surface area contributed by atoms with Gasteiger partial charge >= 0.3 is 0 Å². The normalized spacial score (nSPS) is 13.6. The van der Waals surface area contributed by atoms with Crippen LogP contribution in [0.25, 0.3) is 11.0 Å². The van der Waals surface area contributed by atoms with Gasteiger partial charge in [-0.2, -0.15) is 0 Å². The molecule has 2 aromatic rings. The second kappa shape index (κ2) is 4.07. The van der Waals surface area contributed by atoms with E-state index in [-0.39, 0.29) is 0 Å². The minimum absolute atomic E-state index is 0.306. The summed E-state index contributed by atoms with van der Waals surface area (Å²) < 4.78 is 5.40. The molecular weight excluding hydrogens is 226 g/mol. The van der Waals surface area contributed by atoms with E-state index in [0.717, 1.165) is 10.9 Å². The topological polar surface area (TPSA) is 46.3 Å². The minimum atomic E-state index is -0.628. The molecule has 1 N–H and O–H groups in total. The first-order valence-electron chi connectivity index (χ1n) is 5.26. The van der Waals surface area contributed by atoms with Crippen LogP contribution in [0.1, 0.15) is 44.1 Å². The third-order valence-corrected chi connectivity index (χ3v) is 2.87. The first-order valence-corrected chi connectivity index (χ1v) is 5.64.